The number of aromatic nitrogens is 2. The number of halogens is 1. The molecule has 1 aromatic heterocycles. The van der Waals surface area contributed by atoms with Crippen molar-refractivity contribution in [2.24, 2.45) is 0 Å². The van der Waals surface area contributed by atoms with Crippen LogP contribution in [0.2, 0.25) is 5.02 Å². The lowest BCUT2D eigenvalue weighted by Gasteiger charge is -2.11. The maximum Gasteiger partial charge on any atom is 0.269 e. The summed E-state index contributed by atoms with van der Waals surface area (Å²) in [7, 11) is -3.94. The fourth-order valence-corrected chi connectivity index (χ4v) is 4.18. The molecule has 0 aliphatic carbocycles. The zero-order valence-electron chi connectivity index (χ0n) is 16.3. The van der Waals surface area contributed by atoms with Crippen molar-refractivity contribution in [2.75, 3.05) is 4.72 Å². The largest absolute Gasteiger partial charge is 0.269 e. The third-order valence-electron chi connectivity index (χ3n) is 4.53. The van der Waals surface area contributed by atoms with Gasteiger partial charge in [0, 0.05) is 28.3 Å². The predicted octanol–water partition coefficient (Wildman–Crippen LogP) is 5.17. The summed E-state index contributed by atoms with van der Waals surface area (Å²) in [6.07, 6.45) is 0. The maximum atomic E-state index is 12.8. The van der Waals surface area contributed by atoms with E-state index in [2.05, 4.69) is 14.7 Å². The molecule has 0 aliphatic heterocycles. The molecule has 1 N–H and O–H groups in total. The summed E-state index contributed by atoms with van der Waals surface area (Å²) in [4.78, 5) is 19.2. The molecule has 0 saturated heterocycles. The van der Waals surface area contributed by atoms with E-state index in [-0.39, 0.29) is 16.5 Å². The Morgan fingerprint density at radius 2 is 1.47 bits per heavy atom. The molecule has 160 valence electrons. The van der Waals surface area contributed by atoms with Crippen LogP contribution in [0.15, 0.2) is 89.8 Å². The molecule has 0 unspecified atom stereocenters. The number of nitro groups is 1. The first kappa shape index (κ1) is 21.4. The molecule has 32 heavy (non-hydrogen) atoms. The molecule has 0 amide bonds. The van der Waals surface area contributed by atoms with Crippen molar-refractivity contribution in [2.45, 2.75) is 4.90 Å². The Hall–Kier alpha value is -3.82. The summed E-state index contributed by atoms with van der Waals surface area (Å²) in [6.45, 7) is 0. The van der Waals surface area contributed by atoms with Gasteiger partial charge in [-0.25, -0.2) is 23.1 Å². The van der Waals surface area contributed by atoms with Gasteiger partial charge in [-0.2, -0.15) is 0 Å². The normalized spacial score (nSPS) is 11.2. The number of nitrogens with zero attached hydrogens (tertiary/aromatic N) is 3. The van der Waals surface area contributed by atoms with Gasteiger partial charge in [0.1, 0.15) is 0 Å². The minimum Gasteiger partial charge on any atom is -0.258 e. The molecule has 8 nitrogen and oxygen atoms in total. The van der Waals surface area contributed by atoms with Gasteiger partial charge in [0.05, 0.1) is 21.2 Å². The van der Waals surface area contributed by atoms with Crippen molar-refractivity contribution < 1.29 is 13.3 Å². The quantitative estimate of drug-likeness (QED) is 0.309. The first-order chi connectivity index (χ1) is 15.3. The number of benzene rings is 3. The molecule has 4 aromatic rings. The number of hydrogen-bond acceptors (Lipinski definition) is 6. The van der Waals surface area contributed by atoms with Crippen molar-refractivity contribution in [3.05, 3.63) is 100 Å². The van der Waals surface area contributed by atoms with Gasteiger partial charge in [0.25, 0.3) is 15.7 Å². The topological polar surface area (TPSA) is 115 Å². The second-order valence-corrected chi connectivity index (χ2v) is 8.75. The molecule has 10 heteroatoms. The highest BCUT2D eigenvalue weighted by Gasteiger charge is 2.18. The van der Waals surface area contributed by atoms with Crippen molar-refractivity contribution in [3.8, 4) is 22.5 Å². The van der Waals surface area contributed by atoms with Crippen LogP contribution < -0.4 is 4.72 Å². The van der Waals surface area contributed by atoms with Crippen LogP contribution in [0.1, 0.15) is 0 Å². The van der Waals surface area contributed by atoms with E-state index in [4.69, 9.17) is 11.6 Å². The summed E-state index contributed by atoms with van der Waals surface area (Å²) in [5, 5.41) is 11.4. The van der Waals surface area contributed by atoms with Crippen molar-refractivity contribution in [3.63, 3.8) is 0 Å². The maximum absolute atomic E-state index is 12.8. The Balaban J connectivity index is 1.82. The summed E-state index contributed by atoms with van der Waals surface area (Å²) >= 11 is 6.32. The molecule has 0 atom stereocenters. The second kappa shape index (κ2) is 8.74. The fourth-order valence-electron chi connectivity index (χ4n) is 2.98. The van der Waals surface area contributed by atoms with Gasteiger partial charge < -0.3 is 0 Å². The molecule has 0 radical (unpaired) electrons. The van der Waals surface area contributed by atoms with E-state index in [0.29, 0.717) is 27.5 Å². The summed E-state index contributed by atoms with van der Waals surface area (Å²) < 4.78 is 28.0. The molecule has 0 saturated carbocycles. The van der Waals surface area contributed by atoms with Crippen molar-refractivity contribution >= 4 is 33.3 Å². The van der Waals surface area contributed by atoms with Crippen LogP contribution in [-0.2, 0) is 10.0 Å². The first-order valence-corrected chi connectivity index (χ1v) is 11.2. The molecule has 3 aromatic carbocycles. The monoisotopic (exact) mass is 466 g/mol. The molecule has 4 rings (SSSR count). The van der Waals surface area contributed by atoms with Crippen LogP contribution in [-0.4, -0.2) is 23.3 Å². The van der Waals surface area contributed by atoms with Gasteiger partial charge in [-0.3, -0.25) is 10.1 Å². The predicted molar refractivity (Wildman–Crippen MR) is 122 cm³/mol. The number of non-ortho nitro benzene ring substituents is 1. The van der Waals surface area contributed by atoms with Crippen LogP contribution in [0.3, 0.4) is 0 Å². The van der Waals surface area contributed by atoms with Gasteiger partial charge in [0.2, 0.25) is 5.95 Å². The highest BCUT2D eigenvalue weighted by Crippen LogP contribution is 2.31. The van der Waals surface area contributed by atoms with E-state index in [1.165, 1.54) is 36.4 Å². The van der Waals surface area contributed by atoms with E-state index in [1.54, 1.807) is 48.5 Å². The van der Waals surface area contributed by atoms with Crippen molar-refractivity contribution in [1.82, 2.24) is 9.97 Å². The van der Waals surface area contributed by atoms with Crippen LogP contribution in [0.4, 0.5) is 11.6 Å². The Bertz CT molecular complexity index is 1400. The molecule has 0 aliphatic rings. The third kappa shape index (κ3) is 4.58. The Morgan fingerprint density at radius 1 is 0.844 bits per heavy atom. The van der Waals surface area contributed by atoms with E-state index >= 15 is 0 Å². The van der Waals surface area contributed by atoms with Crippen molar-refractivity contribution in [1.29, 1.82) is 0 Å². The lowest BCUT2D eigenvalue weighted by atomic mass is 10.1. The minimum atomic E-state index is -3.94. The summed E-state index contributed by atoms with van der Waals surface area (Å²) in [5.74, 6) is -0.153. The Morgan fingerprint density at radius 3 is 2.12 bits per heavy atom. The minimum absolute atomic E-state index is 0.0589. The highest BCUT2D eigenvalue weighted by molar-refractivity contribution is 7.92. The molecule has 0 fully saturated rings. The molecule has 0 spiro atoms. The number of rotatable bonds is 6. The number of sulfonamides is 1. The number of hydrogen-bond donors (Lipinski definition) is 1. The van der Waals surface area contributed by atoms with Crippen LogP contribution >= 0.6 is 11.6 Å². The van der Waals surface area contributed by atoms with Crippen LogP contribution in [0.25, 0.3) is 22.5 Å². The zero-order chi connectivity index (χ0) is 22.7. The van der Waals surface area contributed by atoms with E-state index in [1.807, 2.05) is 0 Å². The summed E-state index contributed by atoms with van der Waals surface area (Å²) in [6, 6.07) is 22.2. The smallest absolute Gasteiger partial charge is 0.258 e. The van der Waals surface area contributed by atoms with Gasteiger partial charge in [-0.05, 0) is 36.4 Å². The fraction of sp³-hybridized carbons (Fsp3) is 0. The number of anilines is 1. The average Bonchev–Trinajstić information content (AvgIpc) is 2.79. The van der Waals surface area contributed by atoms with Gasteiger partial charge in [-0.15, -0.1) is 0 Å². The summed E-state index contributed by atoms with van der Waals surface area (Å²) in [5.41, 5.74) is 1.82. The lowest BCUT2D eigenvalue weighted by Crippen LogP contribution is -2.15. The molecule has 0 bridgehead atoms. The molecular formula is C22H15ClN4O4S. The Labute approximate surface area is 188 Å². The van der Waals surface area contributed by atoms with E-state index in [0.717, 1.165) is 0 Å². The van der Waals surface area contributed by atoms with Gasteiger partial charge in [-0.1, -0.05) is 48.0 Å². The lowest BCUT2D eigenvalue weighted by molar-refractivity contribution is -0.384. The Kier molecular flexibility index (Phi) is 5.85. The third-order valence-corrected chi connectivity index (χ3v) is 6.20. The second-order valence-electron chi connectivity index (χ2n) is 6.66. The van der Waals surface area contributed by atoms with Gasteiger partial charge >= 0.3 is 0 Å². The molecular weight excluding hydrogens is 452 g/mol. The SMILES string of the molecule is O=[N+]([O-])c1ccc(-c2cc(-c3ccccc3Cl)nc(NS(=O)(=O)c3ccccc3)n2)cc1. The standard InChI is InChI=1S/C22H15ClN4O4S/c23-19-9-5-4-8-18(19)21-14-20(15-10-12-16(13-11-15)27(28)29)24-22(25-21)26-32(30,31)17-6-2-1-3-7-17/h1-14H,(H,24,25,26). The average molecular weight is 467 g/mol. The first-order valence-electron chi connectivity index (χ1n) is 9.30. The molecule has 1 heterocycles. The number of nitrogens with one attached hydrogen (secondary N) is 1. The van der Waals surface area contributed by atoms with Crippen LogP contribution in [0, 0.1) is 10.1 Å². The van der Waals surface area contributed by atoms with Crippen LogP contribution in [0.5, 0.6) is 0 Å². The zero-order valence-corrected chi connectivity index (χ0v) is 17.9. The van der Waals surface area contributed by atoms with E-state index < -0.39 is 14.9 Å². The highest BCUT2D eigenvalue weighted by atomic mass is 35.5. The van der Waals surface area contributed by atoms with Gasteiger partial charge in [0.15, 0.2) is 0 Å². The van der Waals surface area contributed by atoms with E-state index in [9.17, 15) is 18.5 Å². The number of nitro benzene ring substituents is 1.